The van der Waals surface area contributed by atoms with Crippen molar-refractivity contribution >= 4 is 37.8 Å². The van der Waals surface area contributed by atoms with Gasteiger partial charge in [-0.1, -0.05) is 37.5 Å². The highest BCUT2D eigenvalue weighted by atomic mass is 32.2. The van der Waals surface area contributed by atoms with Crippen LogP contribution in [0.2, 0.25) is 0 Å². The molecule has 1 atom stereocenters. The molecule has 0 saturated carbocycles. The van der Waals surface area contributed by atoms with Crippen molar-refractivity contribution < 1.29 is 22.8 Å². The first kappa shape index (κ1) is 25.5. The minimum atomic E-state index is -3.99. The van der Waals surface area contributed by atoms with Crippen LogP contribution in [0.4, 0.5) is 0 Å². The van der Waals surface area contributed by atoms with Crippen LogP contribution in [0, 0.1) is 0 Å². The zero-order valence-corrected chi connectivity index (χ0v) is 21.6. The quantitative estimate of drug-likeness (QED) is 0.123. The van der Waals surface area contributed by atoms with E-state index in [1.165, 1.54) is 22.6 Å². The fourth-order valence-corrected chi connectivity index (χ4v) is 6.59. The van der Waals surface area contributed by atoms with Gasteiger partial charge >= 0.3 is 0 Å². The number of unbranched alkanes of at least 4 members (excludes halogenated alkanes) is 3. The molecule has 37 heavy (non-hydrogen) atoms. The second kappa shape index (κ2) is 11.1. The van der Waals surface area contributed by atoms with E-state index in [2.05, 4.69) is 28.0 Å². The summed E-state index contributed by atoms with van der Waals surface area (Å²) < 4.78 is 34.6. The van der Waals surface area contributed by atoms with E-state index in [4.69, 9.17) is 4.42 Å². The fraction of sp³-hybridized carbons (Fsp3) is 0.393. The average Bonchev–Trinajstić information content (AvgIpc) is 3.50. The number of rotatable bonds is 11. The summed E-state index contributed by atoms with van der Waals surface area (Å²) in [5.41, 5.74) is 5.74. The fourth-order valence-electron chi connectivity index (χ4n) is 5.34. The summed E-state index contributed by atoms with van der Waals surface area (Å²) in [6.45, 7) is 0. The molecule has 2 aromatic carbocycles. The minimum absolute atomic E-state index is 0.0422. The Hall–Kier alpha value is -3.14. The number of para-hydroxylation sites is 1. The van der Waals surface area contributed by atoms with Crippen molar-refractivity contribution in [2.45, 2.75) is 75.1 Å². The molecule has 5 rings (SSSR count). The van der Waals surface area contributed by atoms with Crippen molar-refractivity contribution in [3.05, 3.63) is 65.5 Å². The number of amides is 1. The van der Waals surface area contributed by atoms with Gasteiger partial charge in [0.2, 0.25) is 10.0 Å². The van der Waals surface area contributed by atoms with Crippen LogP contribution in [-0.4, -0.2) is 30.6 Å². The predicted molar refractivity (Wildman–Crippen MR) is 142 cm³/mol. The lowest BCUT2D eigenvalue weighted by Crippen LogP contribution is -2.45. The van der Waals surface area contributed by atoms with Crippen LogP contribution in [0.5, 0.6) is 0 Å². The van der Waals surface area contributed by atoms with E-state index in [9.17, 15) is 18.4 Å². The van der Waals surface area contributed by atoms with Crippen molar-refractivity contribution in [1.82, 2.24) is 15.2 Å². The van der Waals surface area contributed by atoms with Gasteiger partial charge in [-0.15, -0.1) is 0 Å². The molecule has 0 radical (unpaired) electrons. The number of sulfonamides is 1. The Kier molecular flexibility index (Phi) is 7.64. The molecular weight excluding hydrogens is 490 g/mol. The molecule has 0 bridgehead atoms. The van der Waals surface area contributed by atoms with Crippen LogP contribution >= 0.6 is 0 Å². The lowest BCUT2D eigenvalue weighted by atomic mass is 9.96. The Morgan fingerprint density at radius 2 is 1.84 bits per heavy atom. The van der Waals surface area contributed by atoms with Crippen LogP contribution in [0.15, 0.2) is 58.0 Å². The summed E-state index contributed by atoms with van der Waals surface area (Å²) in [5, 5.41) is 11.4. The maximum atomic E-state index is 13.1. The molecule has 0 unspecified atom stereocenters. The first-order valence-corrected chi connectivity index (χ1v) is 14.5. The molecule has 196 valence electrons. The number of H-pyrrole nitrogens is 1. The largest absolute Gasteiger partial charge is 0.461 e. The third-order valence-electron chi connectivity index (χ3n) is 7.33. The molecule has 4 N–H and O–H groups in total. The summed E-state index contributed by atoms with van der Waals surface area (Å²) in [6, 6.07) is 12.0. The third kappa shape index (κ3) is 5.58. The highest BCUT2D eigenvalue weighted by molar-refractivity contribution is 7.89. The Bertz CT molecular complexity index is 1500. The van der Waals surface area contributed by atoms with Gasteiger partial charge in [0.25, 0.3) is 5.91 Å². The highest BCUT2D eigenvalue weighted by Gasteiger charge is 2.26. The Morgan fingerprint density at radius 3 is 2.70 bits per heavy atom. The number of hydroxylamine groups is 1. The SMILES string of the molecule is O=C(NO)[C@@H](CCCCCCc1c[nH]c2ccccc12)NS(=O)(=O)c1ccc2c3c(oc2c1)CCCC3. The average molecular weight is 524 g/mol. The lowest BCUT2D eigenvalue weighted by molar-refractivity contribution is -0.131. The summed E-state index contributed by atoms with van der Waals surface area (Å²) in [5.74, 6) is 0.169. The number of hydrogen-bond acceptors (Lipinski definition) is 5. The summed E-state index contributed by atoms with van der Waals surface area (Å²) in [4.78, 5) is 15.6. The molecular formula is C28H33N3O5S. The van der Waals surface area contributed by atoms with Gasteiger partial charge in [0, 0.05) is 40.5 Å². The van der Waals surface area contributed by atoms with Gasteiger partial charge < -0.3 is 9.40 Å². The molecule has 4 aromatic rings. The Morgan fingerprint density at radius 1 is 1.03 bits per heavy atom. The number of aromatic nitrogens is 1. The summed E-state index contributed by atoms with van der Waals surface area (Å²) >= 11 is 0. The molecule has 9 heteroatoms. The van der Waals surface area contributed by atoms with E-state index in [0.29, 0.717) is 12.0 Å². The smallest absolute Gasteiger partial charge is 0.261 e. The number of benzene rings is 2. The maximum Gasteiger partial charge on any atom is 0.261 e. The van der Waals surface area contributed by atoms with Gasteiger partial charge in [0.05, 0.1) is 4.90 Å². The summed E-state index contributed by atoms with van der Waals surface area (Å²) in [6.07, 6.45) is 10.7. The van der Waals surface area contributed by atoms with Crippen LogP contribution in [0.3, 0.4) is 0 Å². The first-order valence-electron chi connectivity index (χ1n) is 13.0. The van der Waals surface area contributed by atoms with Crippen molar-refractivity contribution in [3.8, 4) is 0 Å². The molecule has 1 amide bonds. The standard InChI is InChI=1S/C28H33N3O5S/c32-28(30-33)25(13-4-2-1-3-9-19-18-29-24-12-7-5-10-21(19)24)31-37(34,35)20-15-16-23-22-11-6-8-14-26(22)36-27(23)17-20/h5,7,10,12,15-18,25,29,31,33H,1-4,6,8-9,11,13-14H2,(H,30,32)/t25-/m1/s1. The molecule has 0 fully saturated rings. The first-order chi connectivity index (χ1) is 18.0. The molecule has 1 aliphatic carbocycles. The minimum Gasteiger partial charge on any atom is -0.461 e. The number of furan rings is 1. The maximum absolute atomic E-state index is 13.1. The van der Waals surface area contributed by atoms with E-state index in [0.717, 1.165) is 68.0 Å². The van der Waals surface area contributed by atoms with E-state index in [1.54, 1.807) is 17.6 Å². The molecule has 2 aromatic heterocycles. The Balaban J connectivity index is 1.17. The number of carbonyl (C=O) groups excluding carboxylic acids is 1. The molecule has 1 aliphatic rings. The highest BCUT2D eigenvalue weighted by Crippen LogP contribution is 2.33. The molecule has 0 saturated heterocycles. The zero-order valence-electron chi connectivity index (χ0n) is 20.8. The molecule has 0 spiro atoms. The van der Waals surface area contributed by atoms with E-state index in [-0.39, 0.29) is 11.3 Å². The van der Waals surface area contributed by atoms with Gasteiger partial charge in [-0.05, 0) is 62.3 Å². The number of aryl methyl sites for hydroxylation is 3. The third-order valence-corrected chi connectivity index (χ3v) is 8.80. The number of carbonyl (C=O) groups is 1. The molecule has 8 nitrogen and oxygen atoms in total. The number of hydrogen-bond donors (Lipinski definition) is 4. The van der Waals surface area contributed by atoms with Crippen molar-refractivity contribution in [2.24, 2.45) is 0 Å². The zero-order chi connectivity index (χ0) is 25.8. The second-order valence-corrected chi connectivity index (χ2v) is 11.5. The van der Waals surface area contributed by atoms with Crippen molar-refractivity contribution in [1.29, 1.82) is 0 Å². The van der Waals surface area contributed by atoms with Crippen LogP contribution in [0.25, 0.3) is 21.9 Å². The van der Waals surface area contributed by atoms with E-state index < -0.39 is 22.0 Å². The van der Waals surface area contributed by atoms with Gasteiger partial charge in [0.1, 0.15) is 17.4 Å². The number of nitrogens with one attached hydrogen (secondary N) is 3. The Labute approximate surface area is 216 Å². The van der Waals surface area contributed by atoms with Crippen LogP contribution in [0.1, 0.15) is 61.8 Å². The van der Waals surface area contributed by atoms with Gasteiger partial charge in [-0.2, -0.15) is 4.72 Å². The summed E-state index contributed by atoms with van der Waals surface area (Å²) in [7, 11) is -3.99. The van der Waals surface area contributed by atoms with E-state index >= 15 is 0 Å². The monoisotopic (exact) mass is 523 g/mol. The lowest BCUT2D eigenvalue weighted by Gasteiger charge is -2.17. The van der Waals surface area contributed by atoms with Crippen molar-refractivity contribution in [3.63, 3.8) is 0 Å². The van der Waals surface area contributed by atoms with Crippen LogP contribution < -0.4 is 10.2 Å². The van der Waals surface area contributed by atoms with Crippen LogP contribution in [-0.2, 0) is 34.1 Å². The molecule has 2 heterocycles. The topological polar surface area (TPSA) is 124 Å². The van der Waals surface area contributed by atoms with Gasteiger partial charge in [0.15, 0.2) is 0 Å². The van der Waals surface area contributed by atoms with Gasteiger partial charge in [-0.25, -0.2) is 13.9 Å². The number of aromatic amines is 1. The normalized spacial score (nSPS) is 14.6. The van der Waals surface area contributed by atoms with Crippen molar-refractivity contribution in [2.75, 3.05) is 0 Å². The van der Waals surface area contributed by atoms with E-state index in [1.807, 2.05) is 12.1 Å². The second-order valence-electron chi connectivity index (χ2n) is 9.83. The number of fused-ring (bicyclic) bond motifs is 4. The predicted octanol–water partition coefficient (Wildman–Crippen LogP) is 5.14. The molecule has 0 aliphatic heterocycles. The van der Waals surface area contributed by atoms with Gasteiger partial charge in [-0.3, -0.25) is 10.0 Å².